The summed E-state index contributed by atoms with van der Waals surface area (Å²) in [5, 5.41) is 1.95. The second-order valence-electron chi connectivity index (χ2n) is 2.97. The van der Waals surface area contributed by atoms with Gasteiger partial charge in [0.05, 0.1) is 18.0 Å². The van der Waals surface area contributed by atoms with Gasteiger partial charge in [0.15, 0.2) is 0 Å². The molecule has 0 unspecified atom stereocenters. The van der Waals surface area contributed by atoms with Crippen molar-refractivity contribution in [2.45, 2.75) is 6.42 Å². The monoisotopic (exact) mass is 228 g/mol. The van der Waals surface area contributed by atoms with Gasteiger partial charge in [-0.15, -0.1) is 11.3 Å². The van der Waals surface area contributed by atoms with Gasteiger partial charge in [-0.3, -0.25) is 4.79 Å². The fraction of sp³-hybridized carbons (Fsp3) is 0.333. The molecule has 0 spiro atoms. The molecule has 76 valence electrons. The molecule has 1 rings (SSSR count). The maximum Gasteiger partial charge on any atom is 0.227 e. The number of amides is 1. The van der Waals surface area contributed by atoms with Crippen LogP contribution in [-0.4, -0.2) is 29.4 Å². The van der Waals surface area contributed by atoms with Crippen LogP contribution in [0.4, 0.5) is 0 Å². The molecule has 1 amide bonds. The Hall–Kier alpha value is -0.940. The maximum absolute atomic E-state index is 11.6. The highest BCUT2D eigenvalue weighted by Crippen LogP contribution is 2.09. The summed E-state index contributed by atoms with van der Waals surface area (Å²) < 4.78 is 0. The molecule has 2 N–H and O–H groups in total. The van der Waals surface area contributed by atoms with Gasteiger partial charge in [0.2, 0.25) is 5.91 Å². The molecule has 0 atom stereocenters. The topological polar surface area (TPSA) is 46.3 Å². The lowest BCUT2D eigenvalue weighted by Gasteiger charge is -2.15. The van der Waals surface area contributed by atoms with Gasteiger partial charge in [-0.2, -0.15) is 0 Å². The lowest BCUT2D eigenvalue weighted by atomic mass is 10.3. The molecule has 0 aliphatic rings. The van der Waals surface area contributed by atoms with E-state index in [0.29, 0.717) is 18.0 Å². The van der Waals surface area contributed by atoms with Crippen LogP contribution in [0, 0.1) is 0 Å². The third-order valence-electron chi connectivity index (χ3n) is 1.72. The molecular formula is C9H12N2OS2. The molecule has 14 heavy (non-hydrogen) atoms. The quantitative estimate of drug-likeness (QED) is 0.783. The van der Waals surface area contributed by atoms with Crippen molar-refractivity contribution in [2.24, 2.45) is 5.73 Å². The lowest BCUT2D eigenvalue weighted by molar-refractivity contribution is -0.128. The van der Waals surface area contributed by atoms with Gasteiger partial charge in [-0.1, -0.05) is 18.3 Å². The molecule has 0 saturated heterocycles. The minimum Gasteiger partial charge on any atom is -0.392 e. The summed E-state index contributed by atoms with van der Waals surface area (Å²) in [6, 6.07) is 3.87. The first kappa shape index (κ1) is 11.1. The Morgan fingerprint density at radius 2 is 2.43 bits per heavy atom. The molecular weight excluding hydrogens is 216 g/mol. The van der Waals surface area contributed by atoms with Crippen LogP contribution in [0.3, 0.4) is 0 Å². The third-order valence-corrected chi connectivity index (χ3v) is 2.73. The predicted molar refractivity (Wildman–Crippen MR) is 62.4 cm³/mol. The van der Waals surface area contributed by atoms with Crippen molar-refractivity contribution < 1.29 is 4.79 Å². The second-order valence-corrected chi connectivity index (χ2v) is 4.53. The summed E-state index contributed by atoms with van der Waals surface area (Å²) in [5.41, 5.74) is 5.34. The summed E-state index contributed by atoms with van der Waals surface area (Å²) in [4.78, 5) is 14.5. The SMILES string of the molecule is CN(CC(N)=S)C(=O)Cc1cccs1. The lowest BCUT2D eigenvalue weighted by Crippen LogP contribution is -2.35. The van der Waals surface area contributed by atoms with Crippen molar-refractivity contribution in [1.82, 2.24) is 4.90 Å². The first-order valence-electron chi connectivity index (χ1n) is 4.14. The van der Waals surface area contributed by atoms with E-state index < -0.39 is 0 Å². The Bertz CT molecular complexity index is 322. The Balaban J connectivity index is 2.46. The summed E-state index contributed by atoms with van der Waals surface area (Å²) in [5.74, 6) is 0.0419. The number of hydrogen-bond acceptors (Lipinski definition) is 3. The normalized spacial score (nSPS) is 9.79. The van der Waals surface area contributed by atoms with Crippen LogP contribution in [0.15, 0.2) is 17.5 Å². The van der Waals surface area contributed by atoms with Gasteiger partial charge in [0.25, 0.3) is 0 Å². The number of hydrogen-bond donors (Lipinski definition) is 1. The van der Waals surface area contributed by atoms with E-state index in [1.165, 1.54) is 0 Å². The fourth-order valence-corrected chi connectivity index (χ4v) is 1.91. The number of rotatable bonds is 4. The first-order valence-corrected chi connectivity index (χ1v) is 5.43. The van der Waals surface area contributed by atoms with Crippen LogP contribution in [0.25, 0.3) is 0 Å². The molecule has 5 heteroatoms. The standard InChI is InChI=1S/C9H12N2OS2/c1-11(6-8(10)13)9(12)5-7-3-2-4-14-7/h2-4H,5-6H2,1H3,(H2,10,13). The van der Waals surface area contributed by atoms with Crippen molar-refractivity contribution in [3.63, 3.8) is 0 Å². The molecule has 0 aromatic carbocycles. The number of nitrogens with two attached hydrogens (primary N) is 1. The van der Waals surface area contributed by atoms with Crippen LogP contribution in [0.2, 0.25) is 0 Å². The van der Waals surface area contributed by atoms with Crippen molar-refractivity contribution in [3.8, 4) is 0 Å². The van der Waals surface area contributed by atoms with E-state index in [0.717, 1.165) is 4.88 Å². The van der Waals surface area contributed by atoms with Crippen molar-refractivity contribution in [2.75, 3.05) is 13.6 Å². The number of thiocarbonyl (C=S) groups is 1. The summed E-state index contributed by atoms with van der Waals surface area (Å²) >= 11 is 6.30. The number of nitrogens with zero attached hydrogens (tertiary/aromatic N) is 1. The average Bonchev–Trinajstić information content (AvgIpc) is 2.55. The molecule has 0 aliphatic carbocycles. The second kappa shape index (κ2) is 5.07. The zero-order valence-corrected chi connectivity index (χ0v) is 9.53. The predicted octanol–water partition coefficient (Wildman–Crippen LogP) is 1.04. The molecule has 1 aromatic heterocycles. The molecule has 3 nitrogen and oxygen atoms in total. The smallest absolute Gasteiger partial charge is 0.227 e. The van der Waals surface area contributed by atoms with E-state index >= 15 is 0 Å². The van der Waals surface area contributed by atoms with Crippen molar-refractivity contribution >= 4 is 34.5 Å². The molecule has 0 fully saturated rings. The van der Waals surface area contributed by atoms with Crippen LogP contribution in [-0.2, 0) is 11.2 Å². The van der Waals surface area contributed by atoms with E-state index in [4.69, 9.17) is 18.0 Å². The Kier molecular flexibility index (Phi) is 4.03. The molecule has 0 bridgehead atoms. The molecule has 1 aromatic rings. The maximum atomic E-state index is 11.6. The Labute approximate surface area is 92.5 Å². The molecule has 1 heterocycles. The van der Waals surface area contributed by atoms with E-state index in [2.05, 4.69) is 0 Å². The van der Waals surface area contributed by atoms with Crippen molar-refractivity contribution in [3.05, 3.63) is 22.4 Å². The van der Waals surface area contributed by atoms with E-state index in [1.54, 1.807) is 23.3 Å². The van der Waals surface area contributed by atoms with Gasteiger partial charge >= 0.3 is 0 Å². The van der Waals surface area contributed by atoms with Crippen molar-refractivity contribution in [1.29, 1.82) is 0 Å². The van der Waals surface area contributed by atoms with E-state index in [-0.39, 0.29) is 5.91 Å². The zero-order chi connectivity index (χ0) is 10.6. The zero-order valence-electron chi connectivity index (χ0n) is 7.90. The van der Waals surface area contributed by atoms with E-state index in [1.807, 2.05) is 17.5 Å². The minimum atomic E-state index is 0.0419. The summed E-state index contributed by atoms with van der Waals surface area (Å²) in [6.45, 7) is 0.347. The average molecular weight is 228 g/mol. The van der Waals surface area contributed by atoms with E-state index in [9.17, 15) is 4.79 Å². The third kappa shape index (κ3) is 3.43. The largest absolute Gasteiger partial charge is 0.392 e. The highest BCUT2D eigenvalue weighted by molar-refractivity contribution is 7.80. The fourth-order valence-electron chi connectivity index (χ4n) is 1.02. The highest BCUT2D eigenvalue weighted by atomic mass is 32.1. The molecule has 0 saturated carbocycles. The van der Waals surface area contributed by atoms with Crippen LogP contribution >= 0.6 is 23.6 Å². The highest BCUT2D eigenvalue weighted by Gasteiger charge is 2.10. The van der Waals surface area contributed by atoms with Gasteiger partial charge < -0.3 is 10.6 Å². The van der Waals surface area contributed by atoms with Gasteiger partial charge in [0.1, 0.15) is 0 Å². The van der Waals surface area contributed by atoms with Gasteiger partial charge in [-0.25, -0.2) is 0 Å². The number of thiophene rings is 1. The number of carbonyl (C=O) groups is 1. The molecule has 0 radical (unpaired) electrons. The summed E-state index contributed by atoms with van der Waals surface area (Å²) in [6.07, 6.45) is 0.427. The number of likely N-dealkylation sites (N-methyl/N-ethyl adjacent to an activating group) is 1. The molecule has 0 aliphatic heterocycles. The van der Waals surface area contributed by atoms with Crippen LogP contribution in [0.5, 0.6) is 0 Å². The Morgan fingerprint density at radius 3 is 2.93 bits per heavy atom. The van der Waals surface area contributed by atoms with Gasteiger partial charge in [0, 0.05) is 11.9 Å². The van der Waals surface area contributed by atoms with Crippen LogP contribution in [0.1, 0.15) is 4.88 Å². The number of carbonyl (C=O) groups excluding carboxylic acids is 1. The first-order chi connectivity index (χ1) is 6.59. The van der Waals surface area contributed by atoms with Gasteiger partial charge in [-0.05, 0) is 11.4 Å². The Morgan fingerprint density at radius 1 is 1.71 bits per heavy atom. The summed E-state index contributed by atoms with van der Waals surface area (Å²) in [7, 11) is 1.70. The van der Waals surface area contributed by atoms with Crippen LogP contribution < -0.4 is 5.73 Å². The minimum absolute atomic E-state index is 0.0419.